The van der Waals surface area contributed by atoms with Crippen molar-refractivity contribution in [1.82, 2.24) is 4.98 Å². The van der Waals surface area contributed by atoms with Crippen LogP contribution in [0.25, 0.3) is 0 Å². The Bertz CT molecular complexity index is 599. The maximum atomic E-state index is 12.2. The van der Waals surface area contributed by atoms with Crippen molar-refractivity contribution in [3.63, 3.8) is 0 Å². The molecule has 0 unspecified atom stereocenters. The number of halogens is 2. The maximum Gasteiger partial charge on any atom is 0.194 e. The Morgan fingerprint density at radius 2 is 2.00 bits per heavy atom. The van der Waals surface area contributed by atoms with Crippen molar-refractivity contribution in [2.24, 2.45) is 0 Å². The normalized spacial score (nSPS) is 10.2. The van der Waals surface area contributed by atoms with Crippen molar-refractivity contribution in [3.8, 4) is 5.75 Å². The average molecular weight is 282 g/mol. The van der Waals surface area contributed by atoms with E-state index in [2.05, 4.69) is 4.98 Å². The second-order valence-corrected chi connectivity index (χ2v) is 4.35. The zero-order valence-corrected chi connectivity index (χ0v) is 11.0. The molecular formula is C13H9Cl2NO2. The van der Waals surface area contributed by atoms with Gasteiger partial charge in [-0.1, -0.05) is 23.2 Å². The SMILES string of the molecule is COc1cc(C(=O)c2ccncc2Cl)ccc1Cl. The van der Waals surface area contributed by atoms with Gasteiger partial charge in [0.25, 0.3) is 0 Å². The number of aromatic nitrogens is 1. The first-order chi connectivity index (χ1) is 8.63. The number of ketones is 1. The van der Waals surface area contributed by atoms with Gasteiger partial charge in [-0.3, -0.25) is 9.78 Å². The minimum Gasteiger partial charge on any atom is -0.495 e. The first kappa shape index (κ1) is 12.9. The van der Waals surface area contributed by atoms with Crippen LogP contribution in [0.3, 0.4) is 0 Å². The molecule has 1 aromatic heterocycles. The van der Waals surface area contributed by atoms with E-state index in [1.807, 2.05) is 0 Å². The summed E-state index contributed by atoms with van der Waals surface area (Å²) in [5, 5.41) is 0.770. The van der Waals surface area contributed by atoms with Crippen LogP contribution in [-0.2, 0) is 0 Å². The lowest BCUT2D eigenvalue weighted by molar-refractivity contribution is 0.103. The van der Waals surface area contributed by atoms with Crippen LogP contribution in [0.4, 0.5) is 0 Å². The molecule has 2 rings (SSSR count). The first-order valence-corrected chi connectivity index (χ1v) is 5.87. The maximum absolute atomic E-state index is 12.2. The Balaban J connectivity index is 2.44. The number of methoxy groups -OCH3 is 1. The average Bonchev–Trinajstić information content (AvgIpc) is 2.39. The second-order valence-electron chi connectivity index (χ2n) is 3.53. The number of hydrogen-bond donors (Lipinski definition) is 0. The van der Waals surface area contributed by atoms with Gasteiger partial charge in [-0.05, 0) is 24.3 Å². The molecule has 0 spiro atoms. The molecule has 0 aliphatic rings. The Labute approximate surface area is 114 Å². The molecule has 3 nitrogen and oxygen atoms in total. The minimum absolute atomic E-state index is 0.197. The largest absolute Gasteiger partial charge is 0.495 e. The van der Waals surface area contributed by atoms with Crippen molar-refractivity contribution in [2.75, 3.05) is 7.11 Å². The molecule has 0 aliphatic carbocycles. The third kappa shape index (κ3) is 2.47. The number of carbonyl (C=O) groups excluding carboxylic acids is 1. The first-order valence-electron chi connectivity index (χ1n) is 5.11. The van der Waals surface area contributed by atoms with Crippen molar-refractivity contribution >= 4 is 29.0 Å². The highest BCUT2D eigenvalue weighted by Gasteiger charge is 2.14. The number of nitrogens with zero attached hydrogens (tertiary/aromatic N) is 1. The molecule has 1 heterocycles. The number of hydrogen-bond acceptors (Lipinski definition) is 3. The molecule has 0 N–H and O–H groups in total. The van der Waals surface area contributed by atoms with E-state index in [-0.39, 0.29) is 5.78 Å². The molecule has 0 atom stereocenters. The number of ether oxygens (including phenoxy) is 1. The van der Waals surface area contributed by atoms with Crippen LogP contribution in [-0.4, -0.2) is 17.9 Å². The fourth-order valence-electron chi connectivity index (χ4n) is 1.52. The van der Waals surface area contributed by atoms with E-state index in [0.29, 0.717) is 26.9 Å². The van der Waals surface area contributed by atoms with Gasteiger partial charge in [0, 0.05) is 23.5 Å². The summed E-state index contributed by atoms with van der Waals surface area (Å²) in [5.74, 6) is 0.255. The van der Waals surface area contributed by atoms with Crippen LogP contribution in [0.2, 0.25) is 10.0 Å². The molecule has 0 saturated carbocycles. The molecule has 2 aromatic rings. The van der Waals surface area contributed by atoms with E-state index >= 15 is 0 Å². The summed E-state index contributed by atoms with van der Waals surface area (Å²) in [6.45, 7) is 0. The van der Waals surface area contributed by atoms with Gasteiger partial charge in [-0.2, -0.15) is 0 Å². The molecule has 0 radical (unpaired) electrons. The predicted molar refractivity (Wildman–Crippen MR) is 70.7 cm³/mol. The summed E-state index contributed by atoms with van der Waals surface area (Å²) in [6.07, 6.45) is 2.95. The summed E-state index contributed by atoms with van der Waals surface area (Å²) < 4.78 is 5.07. The molecule has 0 aliphatic heterocycles. The summed E-state index contributed by atoms with van der Waals surface area (Å²) in [4.78, 5) is 16.1. The highest BCUT2D eigenvalue weighted by Crippen LogP contribution is 2.27. The predicted octanol–water partition coefficient (Wildman–Crippen LogP) is 3.63. The smallest absolute Gasteiger partial charge is 0.194 e. The third-order valence-electron chi connectivity index (χ3n) is 2.43. The zero-order chi connectivity index (χ0) is 13.1. The van der Waals surface area contributed by atoms with E-state index < -0.39 is 0 Å². The van der Waals surface area contributed by atoms with Gasteiger partial charge in [0.2, 0.25) is 0 Å². The highest BCUT2D eigenvalue weighted by molar-refractivity contribution is 6.35. The fraction of sp³-hybridized carbons (Fsp3) is 0.0769. The van der Waals surface area contributed by atoms with Gasteiger partial charge in [-0.15, -0.1) is 0 Å². The molecule has 5 heteroatoms. The van der Waals surface area contributed by atoms with Gasteiger partial charge >= 0.3 is 0 Å². The number of carbonyl (C=O) groups is 1. The van der Waals surface area contributed by atoms with Crippen LogP contribution in [0.1, 0.15) is 15.9 Å². The zero-order valence-electron chi connectivity index (χ0n) is 9.48. The molecule has 0 amide bonds. The van der Waals surface area contributed by atoms with Crippen molar-refractivity contribution in [2.45, 2.75) is 0 Å². The van der Waals surface area contributed by atoms with Crippen LogP contribution in [0, 0.1) is 0 Å². The molecule has 92 valence electrons. The Hall–Kier alpha value is -1.58. The topological polar surface area (TPSA) is 39.2 Å². The summed E-state index contributed by atoms with van der Waals surface area (Å²) in [7, 11) is 1.49. The second kappa shape index (κ2) is 5.38. The van der Waals surface area contributed by atoms with Gasteiger partial charge < -0.3 is 4.74 Å². The summed E-state index contributed by atoms with van der Waals surface area (Å²) in [6, 6.07) is 6.40. The lowest BCUT2D eigenvalue weighted by Crippen LogP contribution is -2.03. The Morgan fingerprint density at radius 1 is 1.22 bits per heavy atom. The molecule has 1 aromatic carbocycles. The van der Waals surface area contributed by atoms with E-state index in [4.69, 9.17) is 27.9 Å². The number of benzene rings is 1. The highest BCUT2D eigenvalue weighted by atomic mass is 35.5. The van der Waals surface area contributed by atoms with Gasteiger partial charge in [-0.25, -0.2) is 0 Å². The van der Waals surface area contributed by atoms with Crippen LogP contribution in [0.5, 0.6) is 5.75 Å². The summed E-state index contributed by atoms with van der Waals surface area (Å²) >= 11 is 11.8. The van der Waals surface area contributed by atoms with Crippen molar-refractivity contribution in [1.29, 1.82) is 0 Å². The van der Waals surface area contributed by atoms with Crippen LogP contribution in [0.15, 0.2) is 36.7 Å². The lowest BCUT2D eigenvalue weighted by atomic mass is 10.0. The molecular weight excluding hydrogens is 273 g/mol. The van der Waals surface area contributed by atoms with E-state index in [0.717, 1.165) is 0 Å². The molecule has 0 bridgehead atoms. The quantitative estimate of drug-likeness (QED) is 0.807. The Kier molecular flexibility index (Phi) is 3.84. The monoisotopic (exact) mass is 281 g/mol. The Morgan fingerprint density at radius 3 is 2.67 bits per heavy atom. The third-order valence-corrected chi connectivity index (χ3v) is 3.04. The van der Waals surface area contributed by atoms with E-state index in [1.54, 1.807) is 24.3 Å². The standard InChI is InChI=1S/C13H9Cl2NO2/c1-18-12-6-8(2-3-10(12)14)13(17)9-4-5-16-7-11(9)15/h2-7H,1H3. The molecule has 18 heavy (non-hydrogen) atoms. The van der Waals surface area contributed by atoms with E-state index in [9.17, 15) is 4.79 Å². The lowest BCUT2D eigenvalue weighted by Gasteiger charge is -2.06. The molecule has 0 fully saturated rings. The van der Waals surface area contributed by atoms with Gasteiger partial charge in [0.15, 0.2) is 5.78 Å². The van der Waals surface area contributed by atoms with Crippen molar-refractivity contribution < 1.29 is 9.53 Å². The molecule has 0 saturated heterocycles. The van der Waals surface area contributed by atoms with Gasteiger partial charge in [0.1, 0.15) is 5.75 Å². The number of pyridine rings is 1. The van der Waals surface area contributed by atoms with Gasteiger partial charge in [0.05, 0.1) is 17.2 Å². The van der Waals surface area contributed by atoms with E-state index in [1.165, 1.54) is 19.5 Å². The van der Waals surface area contributed by atoms with Crippen LogP contribution >= 0.6 is 23.2 Å². The summed E-state index contributed by atoms with van der Waals surface area (Å²) in [5.41, 5.74) is 0.861. The minimum atomic E-state index is -0.197. The van der Waals surface area contributed by atoms with Crippen LogP contribution < -0.4 is 4.74 Å². The number of rotatable bonds is 3. The fourth-order valence-corrected chi connectivity index (χ4v) is 1.92. The van der Waals surface area contributed by atoms with Crippen molar-refractivity contribution in [3.05, 3.63) is 57.8 Å².